The van der Waals surface area contributed by atoms with Gasteiger partial charge in [0.25, 0.3) is 0 Å². The van der Waals surface area contributed by atoms with Crippen molar-refractivity contribution in [3.05, 3.63) is 97.2 Å². The highest BCUT2D eigenvalue weighted by Gasteiger charge is 2.19. The lowest BCUT2D eigenvalue weighted by atomic mass is 10.0. The van der Waals surface area contributed by atoms with E-state index in [1.54, 1.807) is 0 Å². The Morgan fingerprint density at radius 3 is 0.910 bits per heavy atom. The van der Waals surface area contributed by atoms with E-state index in [1.807, 2.05) is 0 Å². The van der Waals surface area contributed by atoms with Crippen LogP contribution in [-0.2, 0) is 28.6 Å². The minimum absolute atomic E-state index is 0.0899. The topological polar surface area (TPSA) is 78.9 Å². The minimum atomic E-state index is -0.794. The van der Waals surface area contributed by atoms with Gasteiger partial charge in [-0.1, -0.05) is 234 Å². The molecule has 0 aromatic rings. The molecule has 1 atom stereocenters. The molecule has 0 spiro atoms. The number of rotatable bonds is 49. The van der Waals surface area contributed by atoms with E-state index in [9.17, 15) is 14.4 Å². The normalized spacial score (nSPS) is 12.8. The van der Waals surface area contributed by atoms with Crippen molar-refractivity contribution in [3.8, 4) is 0 Å². The standard InChI is InChI=1S/C61H102O6/c1-4-7-10-13-16-19-22-25-27-28-29-30-31-32-34-36-39-42-45-48-51-54-60(63)66-57-58(56-65-59(62)53-50-47-44-41-38-35-24-21-18-15-12-9-6-3)67-61(64)55-52-49-46-43-40-37-33-26-23-20-17-14-11-8-5-2/h7-8,10-11,16-17,19-20,25-27,29-30,32-34,58H,4-6,9,12-15,18,21-24,28,31,35-57H2,1-3H3/b10-7-,11-8-,19-16-,20-17-,27-25-,30-29-,33-26-,34-32-. The third-order valence-corrected chi connectivity index (χ3v) is 11.6. The molecule has 0 bridgehead atoms. The largest absolute Gasteiger partial charge is 0.462 e. The Labute approximate surface area is 413 Å². The van der Waals surface area contributed by atoms with Crippen molar-refractivity contribution in [3.63, 3.8) is 0 Å². The van der Waals surface area contributed by atoms with Crippen molar-refractivity contribution < 1.29 is 28.6 Å². The van der Waals surface area contributed by atoms with Gasteiger partial charge in [-0.05, 0) is 96.3 Å². The van der Waals surface area contributed by atoms with Gasteiger partial charge in [-0.25, -0.2) is 0 Å². The van der Waals surface area contributed by atoms with Gasteiger partial charge in [0.2, 0.25) is 0 Å². The quantitative estimate of drug-likeness (QED) is 0.0262. The summed E-state index contributed by atoms with van der Waals surface area (Å²) in [5, 5.41) is 0. The zero-order valence-corrected chi connectivity index (χ0v) is 43.6. The second-order valence-corrected chi connectivity index (χ2v) is 18.1. The summed E-state index contributed by atoms with van der Waals surface area (Å²) < 4.78 is 16.8. The molecule has 382 valence electrons. The molecule has 1 unspecified atom stereocenters. The highest BCUT2D eigenvalue weighted by Crippen LogP contribution is 2.15. The molecule has 0 radical (unpaired) electrons. The van der Waals surface area contributed by atoms with Crippen molar-refractivity contribution in [2.24, 2.45) is 0 Å². The molecule has 6 nitrogen and oxygen atoms in total. The van der Waals surface area contributed by atoms with Crippen molar-refractivity contribution in [2.75, 3.05) is 13.2 Å². The van der Waals surface area contributed by atoms with Gasteiger partial charge in [-0.3, -0.25) is 14.4 Å². The fourth-order valence-corrected chi connectivity index (χ4v) is 7.48. The van der Waals surface area contributed by atoms with E-state index >= 15 is 0 Å². The van der Waals surface area contributed by atoms with E-state index in [0.29, 0.717) is 19.3 Å². The lowest BCUT2D eigenvalue weighted by Gasteiger charge is -2.18. The number of hydrogen-bond donors (Lipinski definition) is 0. The van der Waals surface area contributed by atoms with Crippen molar-refractivity contribution in [1.29, 1.82) is 0 Å². The van der Waals surface area contributed by atoms with Crippen LogP contribution < -0.4 is 0 Å². The molecule has 6 heteroatoms. The molecule has 0 saturated heterocycles. The highest BCUT2D eigenvalue weighted by molar-refractivity contribution is 5.71. The summed E-state index contributed by atoms with van der Waals surface area (Å²) in [6.07, 6.45) is 72.5. The van der Waals surface area contributed by atoms with Gasteiger partial charge in [0.05, 0.1) is 0 Å². The number of ether oxygens (including phenoxy) is 3. The average Bonchev–Trinajstić information content (AvgIpc) is 3.33. The van der Waals surface area contributed by atoms with Crippen LogP contribution in [0.1, 0.15) is 252 Å². The number of carbonyl (C=O) groups excluding carboxylic acids is 3. The second-order valence-electron chi connectivity index (χ2n) is 18.1. The van der Waals surface area contributed by atoms with E-state index in [-0.39, 0.29) is 31.1 Å². The fourth-order valence-electron chi connectivity index (χ4n) is 7.48. The summed E-state index contributed by atoms with van der Waals surface area (Å²) >= 11 is 0. The number of carbonyl (C=O) groups is 3. The summed E-state index contributed by atoms with van der Waals surface area (Å²) in [7, 11) is 0. The van der Waals surface area contributed by atoms with Gasteiger partial charge in [0, 0.05) is 19.3 Å². The Morgan fingerprint density at radius 1 is 0.313 bits per heavy atom. The number of esters is 3. The molecule has 0 aromatic heterocycles. The van der Waals surface area contributed by atoms with E-state index in [2.05, 4.69) is 118 Å². The highest BCUT2D eigenvalue weighted by atomic mass is 16.6. The predicted octanol–water partition coefficient (Wildman–Crippen LogP) is 18.5. The van der Waals surface area contributed by atoms with E-state index in [0.717, 1.165) is 148 Å². The van der Waals surface area contributed by atoms with Crippen molar-refractivity contribution >= 4 is 17.9 Å². The van der Waals surface area contributed by atoms with E-state index in [4.69, 9.17) is 14.2 Å². The van der Waals surface area contributed by atoms with Crippen LogP contribution in [0.5, 0.6) is 0 Å². The SMILES string of the molecule is CC/C=C\C/C=C\C/C=C\C/C=C\C/C=C\CCCCCCCC(=O)OCC(COC(=O)CCCCCCCCCCCCCCC)OC(=O)CCCCCCC/C=C\C/C=C\C/C=C\CC. The van der Waals surface area contributed by atoms with Crippen LogP contribution in [0, 0.1) is 0 Å². The summed E-state index contributed by atoms with van der Waals surface area (Å²) in [4.78, 5) is 38.1. The van der Waals surface area contributed by atoms with Crippen LogP contribution in [0.4, 0.5) is 0 Å². The van der Waals surface area contributed by atoms with Gasteiger partial charge in [0.1, 0.15) is 13.2 Å². The summed E-state index contributed by atoms with van der Waals surface area (Å²) in [6, 6.07) is 0. The summed E-state index contributed by atoms with van der Waals surface area (Å²) in [5.41, 5.74) is 0. The van der Waals surface area contributed by atoms with Crippen LogP contribution in [-0.4, -0.2) is 37.2 Å². The fraction of sp³-hybridized carbons (Fsp3) is 0.689. The first-order valence-electron chi connectivity index (χ1n) is 27.7. The maximum Gasteiger partial charge on any atom is 0.306 e. The minimum Gasteiger partial charge on any atom is -0.462 e. The van der Waals surface area contributed by atoms with Crippen LogP contribution in [0.25, 0.3) is 0 Å². The maximum atomic E-state index is 12.8. The molecule has 0 saturated carbocycles. The summed E-state index contributed by atoms with van der Waals surface area (Å²) in [6.45, 7) is 6.39. The van der Waals surface area contributed by atoms with Crippen LogP contribution in [0.3, 0.4) is 0 Å². The molecule has 0 aliphatic heterocycles. The van der Waals surface area contributed by atoms with Crippen molar-refractivity contribution in [1.82, 2.24) is 0 Å². The van der Waals surface area contributed by atoms with Crippen molar-refractivity contribution in [2.45, 2.75) is 258 Å². The first kappa shape index (κ1) is 63.3. The first-order valence-corrected chi connectivity index (χ1v) is 27.7. The Bertz CT molecular complexity index is 1350. The second kappa shape index (κ2) is 54.9. The van der Waals surface area contributed by atoms with Gasteiger partial charge in [-0.15, -0.1) is 0 Å². The maximum absolute atomic E-state index is 12.8. The molecule has 0 fully saturated rings. The van der Waals surface area contributed by atoms with Crippen LogP contribution in [0.2, 0.25) is 0 Å². The molecule has 0 aliphatic carbocycles. The zero-order valence-electron chi connectivity index (χ0n) is 43.6. The Morgan fingerprint density at radius 2 is 0.582 bits per heavy atom. The smallest absolute Gasteiger partial charge is 0.306 e. The molecular weight excluding hydrogens is 829 g/mol. The first-order chi connectivity index (χ1) is 33.0. The monoisotopic (exact) mass is 931 g/mol. The molecule has 0 aliphatic rings. The van der Waals surface area contributed by atoms with Gasteiger partial charge < -0.3 is 14.2 Å². The molecule has 0 rings (SSSR count). The van der Waals surface area contributed by atoms with Crippen LogP contribution in [0.15, 0.2) is 97.2 Å². The van der Waals surface area contributed by atoms with Gasteiger partial charge >= 0.3 is 17.9 Å². The predicted molar refractivity (Wildman–Crippen MR) is 288 cm³/mol. The molecule has 67 heavy (non-hydrogen) atoms. The lowest BCUT2D eigenvalue weighted by molar-refractivity contribution is -0.167. The third-order valence-electron chi connectivity index (χ3n) is 11.6. The molecule has 0 heterocycles. The lowest BCUT2D eigenvalue weighted by Crippen LogP contribution is -2.30. The van der Waals surface area contributed by atoms with Crippen LogP contribution >= 0.6 is 0 Å². The number of unbranched alkanes of at least 4 members (excludes halogenated alkanes) is 22. The molecular formula is C61H102O6. The Balaban J connectivity index is 4.42. The van der Waals surface area contributed by atoms with E-state index in [1.165, 1.54) is 64.2 Å². The van der Waals surface area contributed by atoms with E-state index < -0.39 is 6.10 Å². The molecule has 0 N–H and O–H groups in total. The number of hydrogen-bond acceptors (Lipinski definition) is 6. The Kier molecular flexibility index (Phi) is 51.9. The average molecular weight is 931 g/mol. The third kappa shape index (κ3) is 53.2. The number of allylic oxidation sites excluding steroid dienone is 16. The Hall–Kier alpha value is -3.67. The van der Waals surface area contributed by atoms with Gasteiger partial charge in [-0.2, -0.15) is 0 Å². The summed E-state index contributed by atoms with van der Waals surface area (Å²) in [5.74, 6) is -0.924. The zero-order chi connectivity index (χ0) is 48.6. The molecule has 0 aromatic carbocycles. The molecule has 0 amide bonds. The van der Waals surface area contributed by atoms with Gasteiger partial charge in [0.15, 0.2) is 6.10 Å².